The smallest absolute Gasteiger partial charge is 0.253 e. The lowest BCUT2D eigenvalue weighted by Crippen LogP contribution is -2.32. The highest BCUT2D eigenvalue weighted by Crippen LogP contribution is 2.34. The van der Waals surface area contributed by atoms with Gasteiger partial charge in [-0.3, -0.25) is 9.10 Å². The number of halogens is 2. The highest BCUT2D eigenvalue weighted by Gasteiger charge is 2.22. The Bertz CT molecular complexity index is 970. The van der Waals surface area contributed by atoms with Crippen molar-refractivity contribution in [3.05, 3.63) is 63.6 Å². The number of anilines is 1. The average molecular weight is 455 g/mol. The summed E-state index contributed by atoms with van der Waals surface area (Å²) in [6.07, 6.45) is 5.52. The van der Waals surface area contributed by atoms with Gasteiger partial charge in [-0.1, -0.05) is 54.2 Å². The van der Waals surface area contributed by atoms with E-state index in [1.807, 2.05) is 4.90 Å². The van der Waals surface area contributed by atoms with Crippen LogP contribution in [0.5, 0.6) is 0 Å². The zero-order valence-corrected chi connectivity index (χ0v) is 18.6. The van der Waals surface area contributed by atoms with Gasteiger partial charge in [-0.25, -0.2) is 8.42 Å². The molecular formula is C21H24Cl2N2O3S. The van der Waals surface area contributed by atoms with E-state index in [4.69, 9.17) is 23.2 Å². The molecule has 1 fully saturated rings. The maximum absolute atomic E-state index is 12.7. The van der Waals surface area contributed by atoms with Gasteiger partial charge >= 0.3 is 0 Å². The molecule has 1 heterocycles. The van der Waals surface area contributed by atoms with Crippen LogP contribution >= 0.6 is 23.2 Å². The minimum absolute atomic E-state index is 0.0244. The summed E-state index contributed by atoms with van der Waals surface area (Å²) in [5, 5.41) is 0.476. The van der Waals surface area contributed by atoms with E-state index < -0.39 is 10.0 Å². The molecule has 156 valence electrons. The highest BCUT2D eigenvalue weighted by atomic mass is 35.5. The summed E-state index contributed by atoms with van der Waals surface area (Å²) in [5.74, 6) is 0.0244. The summed E-state index contributed by atoms with van der Waals surface area (Å²) >= 11 is 12.3. The van der Waals surface area contributed by atoms with Gasteiger partial charge in [0.2, 0.25) is 10.0 Å². The van der Waals surface area contributed by atoms with Crippen LogP contribution < -0.4 is 4.31 Å². The molecular weight excluding hydrogens is 431 g/mol. The first-order valence-corrected chi connectivity index (χ1v) is 12.2. The Kier molecular flexibility index (Phi) is 7.09. The van der Waals surface area contributed by atoms with Crippen LogP contribution in [0.25, 0.3) is 0 Å². The number of rotatable bonds is 5. The van der Waals surface area contributed by atoms with Crippen LogP contribution in [0.15, 0.2) is 42.5 Å². The van der Waals surface area contributed by atoms with E-state index in [0.717, 1.165) is 50.6 Å². The topological polar surface area (TPSA) is 57.7 Å². The Labute approximate surface area is 182 Å². The zero-order valence-electron chi connectivity index (χ0n) is 16.3. The Morgan fingerprint density at radius 3 is 2.21 bits per heavy atom. The summed E-state index contributed by atoms with van der Waals surface area (Å²) in [6, 6.07) is 11.9. The van der Waals surface area contributed by atoms with Gasteiger partial charge < -0.3 is 4.90 Å². The molecule has 5 nitrogen and oxygen atoms in total. The minimum Gasteiger partial charge on any atom is -0.339 e. The van der Waals surface area contributed by atoms with E-state index in [1.54, 1.807) is 42.5 Å². The lowest BCUT2D eigenvalue weighted by Gasteiger charge is -2.24. The molecule has 0 aromatic heterocycles. The van der Waals surface area contributed by atoms with Crippen molar-refractivity contribution in [2.75, 3.05) is 23.7 Å². The van der Waals surface area contributed by atoms with Gasteiger partial charge in [-0.2, -0.15) is 0 Å². The van der Waals surface area contributed by atoms with Crippen molar-refractivity contribution in [1.82, 2.24) is 4.90 Å². The normalized spacial score (nSPS) is 15.1. The number of benzene rings is 2. The largest absolute Gasteiger partial charge is 0.339 e. The van der Waals surface area contributed by atoms with E-state index in [-0.39, 0.29) is 22.5 Å². The Morgan fingerprint density at radius 2 is 1.62 bits per heavy atom. The van der Waals surface area contributed by atoms with E-state index in [0.29, 0.717) is 11.3 Å². The number of hydrogen-bond acceptors (Lipinski definition) is 3. The molecule has 8 heteroatoms. The van der Waals surface area contributed by atoms with E-state index in [2.05, 4.69) is 0 Å². The first-order chi connectivity index (χ1) is 13.8. The van der Waals surface area contributed by atoms with Crippen LogP contribution in [0.2, 0.25) is 10.0 Å². The molecule has 1 aliphatic rings. The molecule has 2 aromatic rings. The van der Waals surface area contributed by atoms with Gasteiger partial charge in [0.15, 0.2) is 0 Å². The van der Waals surface area contributed by atoms with E-state index in [9.17, 15) is 13.2 Å². The second kappa shape index (κ2) is 9.37. The van der Waals surface area contributed by atoms with Crippen LogP contribution in [0.4, 0.5) is 5.69 Å². The Hall–Kier alpha value is -1.76. The van der Waals surface area contributed by atoms with Crippen molar-refractivity contribution in [2.45, 2.75) is 32.2 Å². The molecule has 0 radical (unpaired) electrons. The van der Waals surface area contributed by atoms with Crippen LogP contribution in [0.1, 0.15) is 41.6 Å². The van der Waals surface area contributed by atoms with Crippen molar-refractivity contribution in [1.29, 1.82) is 0 Å². The molecule has 0 saturated carbocycles. The van der Waals surface area contributed by atoms with Crippen molar-refractivity contribution in [3.8, 4) is 0 Å². The third-order valence-electron chi connectivity index (χ3n) is 5.02. The third kappa shape index (κ3) is 5.44. The van der Waals surface area contributed by atoms with Crippen molar-refractivity contribution in [3.63, 3.8) is 0 Å². The number of sulfonamides is 1. The van der Waals surface area contributed by atoms with Crippen LogP contribution in [-0.2, 0) is 16.6 Å². The maximum Gasteiger partial charge on any atom is 0.253 e. The number of carbonyl (C=O) groups excluding carboxylic acids is 1. The van der Waals surface area contributed by atoms with Gasteiger partial charge in [0.1, 0.15) is 0 Å². The second-order valence-electron chi connectivity index (χ2n) is 7.25. The van der Waals surface area contributed by atoms with Crippen molar-refractivity contribution >= 4 is 44.8 Å². The van der Waals surface area contributed by atoms with Crippen LogP contribution in [0, 0.1) is 0 Å². The SMILES string of the molecule is CS(=O)(=O)N(Cc1ccc(C(=O)N2CCCCCC2)cc1)c1cccc(Cl)c1Cl. The predicted octanol–water partition coefficient (Wildman–Crippen LogP) is 4.98. The first-order valence-electron chi connectivity index (χ1n) is 9.57. The van der Waals surface area contributed by atoms with E-state index in [1.165, 1.54) is 4.31 Å². The second-order valence-corrected chi connectivity index (χ2v) is 9.94. The number of nitrogens with zero attached hydrogens (tertiary/aromatic N) is 2. The quantitative estimate of drug-likeness (QED) is 0.639. The molecule has 0 unspecified atom stereocenters. The third-order valence-corrected chi connectivity index (χ3v) is 6.96. The molecule has 0 atom stereocenters. The standard InChI is InChI=1S/C21H24Cl2N2O3S/c1-29(27,28)25(19-8-6-7-18(22)20(19)23)15-16-9-11-17(12-10-16)21(26)24-13-4-2-3-5-14-24/h6-12H,2-5,13-15H2,1H3. The monoisotopic (exact) mass is 454 g/mol. The summed E-state index contributed by atoms with van der Waals surface area (Å²) in [5.41, 5.74) is 1.69. The summed E-state index contributed by atoms with van der Waals surface area (Å²) in [6.45, 7) is 1.67. The molecule has 3 rings (SSSR count). The lowest BCUT2D eigenvalue weighted by molar-refractivity contribution is 0.0761. The fraction of sp³-hybridized carbons (Fsp3) is 0.381. The minimum atomic E-state index is -3.59. The summed E-state index contributed by atoms with van der Waals surface area (Å²) < 4.78 is 26.0. The molecule has 0 N–H and O–H groups in total. The Balaban J connectivity index is 1.81. The van der Waals surface area contributed by atoms with Crippen molar-refractivity contribution < 1.29 is 13.2 Å². The molecule has 0 spiro atoms. The number of carbonyl (C=O) groups is 1. The maximum atomic E-state index is 12.7. The fourth-order valence-corrected chi connectivity index (χ4v) is 4.78. The van der Waals surface area contributed by atoms with E-state index >= 15 is 0 Å². The van der Waals surface area contributed by atoms with Gasteiger partial charge in [-0.05, 0) is 42.7 Å². The Morgan fingerprint density at radius 1 is 1.00 bits per heavy atom. The summed E-state index contributed by atoms with van der Waals surface area (Å²) in [4.78, 5) is 14.6. The molecule has 2 aromatic carbocycles. The molecule has 0 aliphatic carbocycles. The van der Waals surface area contributed by atoms with Crippen LogP contribution in [-0.4, -0.2) is 38.6 Å². The molecule has 29 heavy (non-hydrogen) atoms. The lowest BCUT2D eigenvalue weighted by atomic mass is 10.1. The molecule has 1 amide bonds. The van der Waals surface area contributed by atoms with Gasteiger partial charge in [-0.15, -0.1) is 0 Å². The highest BCUT2D eigenvalue weighted by molar-refractivity contribution is 7.92. The van der Waals surface area contributed by atoms with Gasteiger partial charge in [0, 0.05) is 18.7 Å². The number of likely N-dealkylation sites (tertiary alicyclic amines) is 1. The molecule has 1 aliphatic heterocycles. The summed E-state index contributed by atoms with van der Waals surface area (Å²) in [7, 11) is -3.59. The van der Waals surface area contributed by atoms with Crippen molar-refractivity contribution in [2.24, 2.45) is 0 Å². The van der Waals surface area contributed by atoms with Gasteiger partial charge in [0.25, 0.3) is 5.91 Å². The molecule has 1 saturated heterocycles. The average Bonchev–Trinajstić information content (AvgIpc) is 2.97. The predicted molar refractivity (Wildman–Crippen MR) is 118 cm³/mol. The number of hydrogen-bond donors (Lipinski definition) is 0. The zero-order chi connectivity index (χ0) is 21.0. The fourth-order valence-electron chi connectivity index (χ4n) is 3.44. The molecule has 0 bridgehead atoms. The number of amides is 1. The van der Waals surface area contributed by atoms with Gasteiger partial charge in [0.05, 0.1) is 28.5 Å². The van der Waals surface area contributed by atoms with Crippen LogP contribution in [0.3, 0.4) is 0 Å². The first kappa shape index (κ1) is 21.9.